The zero-order chi connectivity index (χ0) is 14.7. The zero-order valence-electron chi connectivity index (χ0n) is 12.2. The molecule has 3 nitrogen and oxygen atoms in total. The van der Waals surface area contributed by atoms with Crippen molar-refractivity contribution in [1.29, 1.82) is 0 Å². The van der Waals surface area contributed by atoms with E-state index in [0.717, 1.165) is 31.7 Å². The van der Waals surface area contributed by atoms with Gasteiger partial charge < -0.3 is 5.32 Å². The SMILES string of the molecule is CC1(c2ccccc2)CN(Cc2cncc(F)c2)CCN1. The number of hydrogen-bond donors (Lipinski definition) is 1. The number of aromatic nitrogens is 1. The first-order valence-corrected chi connectivity index (χ1v) is 7.28. The van der Waals surface area contributed by atoms with Crippen molar-refractivity contribution in [3.05, 3.63) is 65.7 Å². The van der Waals surface area contributed by atoms with Gasteiger partial charge in [0, 0.05) is 32.4 Å². The molecule has 1 fully saturated rings. The number of pyridine rings is 1. The van der Waals surface area contributed by atoms with Gasteiger partial charge in [-0.15, -0.1) is 0 Å². The molecule has 110 valence electrons. The summed E-state index contributed by atoms with van der Waals surface area (Å²) >= 11 is 0. The van der Waals surface area contributed by atoms with Crippen LogP contribution in [0.4, 0.5) is 4.39 Å². The third kappa shape index (κ3) is 3.28. The Balaban J connectivity index is 1.74. The highest BCUT2D eigenvalue weighted by molar-refractivity contribution is 5.25. The molecule has 0 aliphatic carbocycles. The summed E-state index contributed by atoms with van der Waals surface area (Å²) in [6, 6.07) is 12.0. The highest BCUT2D eigenvalue weighted by atomic mass is 19.1. The van der Waals surface area contributed by atoms with Gasteiger partial charge in [-0.25, -0.2) is 4.39 Å². The van der Waals surface area contributed by atoms with Gasteiger partial charge in [0.05, 0.1) is 11.7 Å². The van der Waals surface area contributed by atoms with Gasteiger partial charge in [-0.3, -0.25) is 9.88 Å². The van der Waals surface area contributed by atoms with E-state index >= 15 is 0 Å². The molecule has 1 aromatic heterocycles. The van der Waals surface area contributed by atoms with Crippen molar-refractivity contribution in [2.24, 2.45) is 0 Å². The maximum atomic E-state index is 13.2. The summed E-state index contributed by atoms with van der Waals surface area (Å²) in [7, 11) is 0. The molecule has 1 atom stereocenters. The molecule has 0 spiro atoms. The van der Waals surface area contributed by atoms with Gasteiger partial charge >= 0.3 is 0 Å². The van der Waals surface area contributed by atoms with Crippen LogP contribution < -0.4 is 5.32 Å². The molecule has 4 heteroatoms. The molecule has 21 heavy (non-hydrogen) atoms. The highest BCUT2D eigenvalue weighted by Gasteiger charge is 2.31. The van der Waals surface area contributed by atoms with Crippen LogP contribution in [0.25, 0.3) is 0 Å². The van der Waals surface area contributed by atoms with Crippen molar-refractivity contribution in [1.82, 2.24) is 15.2 Å². The Morgan fingerprint density at radius 3 is 2.86 bits per heavy atom. The Kier molecular flexibility index (Phi) is 3.99. The maximum absolute atomic E-state index is 13.2. The van der Waals surface area contributed by atoms with Gasteiger partial charge in [0.25, 0.3) is 0 Å². The lowest BCUT2D eigenvalue weighted by Crippen LogP contribution is -2.56. The van der Waals surface area contributed by atoms with Crippen molar-refractivity contribution in [2.45, 2.75) is 19.0 Å². The minimum atomic E-state index is -0.270. The summed E-state index contributed by atoms with van der Waals surface area (Å²) in [6.45, 7) is 5.73. The van der Waals surface area contributed by atoms with Crippen molar-refractivity contribution in [2.75, 3.05) is 19.6 Å². The lowest BCUT2D eigenvalue weighted by atomic mass is 9.89. The summed E-state index contributed by atoms with van der Waals surface area (Å²) in [4.78, 5) is 6.27. The first-order chi connectivity index (χ1) is 10.2. The Hall–Kier alpha value is -1.78. The van der Waals surface area contributed by atoms with Crippen LogP contribution in [-0.4, -0.2) is 29.5 Å². The first kappa shape index (κ1) is 14.2. The molecule has 1 aliphatic heterocycles. The molecular weight excluding hydrogens is 265 g/mol. The van der Waals surface area contributed by atoms with Crippen LogP contribution in [0.1, 0.15) is 18.1 Å². The monoisotopic (exact) mass is 285 g/mol. The average molecular weight is 285 g/mol. The molecule has 1 aliphatic rings. The smallest absolute Gasteiger partial charge is 0.141 e. The van der Waals surface area contributed by atoms with E-state index in [1.165, 1.54) is 11.8 Å². The molecule has 1 N–H and O–H groups in total. The molecule has 1 unspecified atom stereocenters. The summed E-state index contributed by atoms with van der Waals surface area (Å²) in [6.07, 6.45) is 2.99. The molecule has 0 saturated carbocycles. The van der Waals surface area contributed by atoms with Crippen molar-refractivity contribution in [3.8, 4) is 0 Å². The van der Waals surface area contributed by atoms with Crippen LogP contribution in [0.15, 0.2) is 48.8 Å². The van der Waals surface area contributed by atoms with E-state index in [1.807, 2.05) is 6.07 Å². The van der Waals surface area contributed by atoms with Crippen LogP contribution in [0.2, 0.25) is 0 Å². The van der Waals surface area contributed by atoms with E-state index in [-0.39, 0.29) is 11.4 Å². The maximum Gasteiger partial charge on any atom is 0.141 e. The van der Waals surface area contributed by atoms with Crippen LogP contribution in [0.3, 0.4) is 0 Å². The number of benzene rings is 1. The quantitative estimate of drug-likeness (QED) is 0.939. The fourth-order valence-corrected chi connectivity index (χ4v) is 3.01. The van der Waals surface area contributed by atoms with E-state index < -0.39 is 0 Å². The van der Waals surface area contributed by atoms with Gasteiger partial charge in [0.2, 0.25) is 0 Å². The number of piperazine rings is 1. The number of nitrogens with one attached hydrogen (secondary N) is 1. The predicted molar refractivity (Wildman–Crippen MR) is 81.3 cm³/mol. The summed E-state index contributed by atoms with van der Waals surface area (Å²) in [5.41, 5.74) is 2.14. The molecule has 0 radical (unpaired) electrons. The van der Waals surface area contributed by atoms with Gasteiger partial charge in [-0.05, 0) is 24.1 Å². The van der Waals surface area contributed by atoms with Gasteiger partial charge in [-0.2, -0.15) is 0 Å². The average Bonchev–Trinajstić information content (AvgIpc) is 2.48. The second-order valence-electron chi connectivity index (χ2n) is 5.85. The fourth-order valence-electron chi connectivity index (χ4n) is 3.01. The van der Waals surface area contributed by atoms with Crippen LogP contribution in [0, 0.1) is 5.82 Å². The highest BCUT2D eigenvalue weighted by Crippen LogP contribution is 2.25. The normalized spacial score (nSPS) is 23.1. The largest absolute Gasteiger partial charge is 0.305 e. The third-order valence-electron chi connectivity index (χ3n) is 4.06. The lowest BCUT2D eigenvalue weighted by molar-refractivity contribution is 0.136. The van der Waals surface area contributed by atoms with Crippen LogP contribution in [0.5, 0.6) is 0 Å². The molecule has 2 aromatic rings. The van der Waals surface area contributed by atoms with Gasteiger partial charge in [-0.1, -0.05) is 30.3 Å². The first-order valence-electron chi connectivity index (χ1n) is 7.28. The standard InChI is InChI=1S/C17H20FN3/c1-17(15-5-3-2-4-6-15)13-21(8-7-20-17)12-14-9-16(18)11-19-10-14/h2-6,9-11,20H,7-8,12-13H2,1H3. The number of hydrogen-bond acceptors (Lipinski definition) is 3. The van der Waals surface area contributed by atoms with E-state index in [0.29, 0.717) is 0 Å². The van der Waals surface area contributed by atoms with Crippen molar-refractivity contribution < 1.29 is 4.39 Å². The van der Waals surface area contributed by atoms with Crippen LogP contribution in [-0.2, 0) is 12.1 Å². The van der Waals surface area contributed by atoms with E-state index in [2.05, 4.69) is 46.4 Å². The summed E-state index contributed by atoms with van der Waals surface area (Å²) in [5, 5.41) is 3.61. The Bertz CT molecular complexity index is 602. The summed E-state index contributed by atoms with van der Waals surface area (Å²) in [5.74, 6) is -0.270. The zero-order valence-corrected chi connectivity index (χ0v) is 12.2. The van der Waals surface area contributed by atoms with Crippen LogP contribution >= 0.6 is 0 Å². The Morgan fingerprint density at radius 2 is 2.10 bits per heavy atom. The molecule has 0 amide bonds. The van der Waals surface area contributed by atoms with Gasteiger partial charge in [0.1, 0.15) is 5.82 Å². The minimum absolute atomic E-state index is 0.0692. The number of nitrogens with zero attached hydrogens (tertiary/aromatic N) is 2. The van der Waals surface area contributed by atoms with E-state index in [1.54, 1.807) is 12.3 Å². The Labute approximate surface area is 124 Å². The minimum Gasteiger partial charge on any atom is -0.305 e. The van der Waals surface area contributed by atoms with E-state index in [9.17, 15) is 4.39 Å². The van der Waals surface area contributed by atoms with Gasteiger partial charge in [0.15, 0.2) is 0 Å². The van der Waals surface area contributed by atoms with Crippen molar-refractivity contribution >= 4 is 0 Å². The molecule has 1 aromatic carbocycles. The summed E-state index contributed by atoms with van der Waals surface area (Å²) < 4.78 is 13.2. The lowest BCUT2D eigenvalue weighted by Gasteiger charge is -2.42. The third-order valence-corrected chi connectivity index (χ3v) is 4.06. The number of halogens is 1. The predicted octanol–water partition coefficient (Wildman–Crippen LogP) is 2.54. The van der Waals surface area contributed by atoms with Crippen molar-refractivity contribution in [3.63, 3.8) is 0 Å². The molecule has 3 rings (SSSR count). The fraction of sp³-hybridized carbons (Fsp3) is 0.353. The number of rotatable bonds is 3. The second-order valence-corrected chi connectivity index (χ2v) is 5.85. The molecule has 1 saturated heterocycles. The Morgan fingerprint density at radius 1 is 1.29 bits per heavy atom. The molecule has 0 bridgehead atoms. The topological polar surface area (TPSA) is 28.2 Å². The van der Waals surface area contributed by atoms with E-state index in [4.69, 9.17) is 0 Å². The molecular formula is C17H20FN3. The molecule has 2 heterocycles. The second kappa shape index (κ2) is 5.92.